The molecule has 0 bridgehead atoms. The van der Waals surface area contributed by atoms with Gasteiger partial charge in [-0.3, -0.25) is 18.6 Å². The molecule has 10 nitrogen and oxygen atoms in total. The van der Waals surface area contributed by atoms with Crippen molar-refractivity contribution in [3.8, 4) is 0 Å². The number of carbonyl (C=O) groups is 2. The zero-order valence-corrected chi connectivity index (χ0v) is 34.7. The van der Waals surface area contributed by atoms with Crippen molar-refractivity contribution in [2.24, 2.45) is 0 Å². The summed E-state index contributed by atoms with van der Waals surface area (Å²) in [5.41, 5.74) is 0. The predicted octanol–water partition coefficient (Wildman–Crippen LogP) is 10.7. The molecule has 0 aromatic carbocycles. The first-order valence-corrected chi connectivity index (χ1v) is 22.0. The average molecular weight is 793 g/mol. The van der Waals surface area contributed by atoms with E-state index >= 15 is 0 Å². The number of ether oxygens (including phenoxy) is 2. The summed E-state index contributed by atoms with van der Waals surface area (Å²) in [6, 6.07) is 0. The van der Waals surface area contributed by atoms with Gasteiger partial charge in [0.2, 0.25) is 0 Å². The van der Waals surface area contributed by atoms with Gasteiger partial charge in [-0.2, -0.15) is 0 Å². The zero-order valence-electron chi connectivity index (χ0n) is 33.9. The number of allylic oxidation sites excluding steroid dienone is 14. The molecule has 55 heavy (non-hydrogen) atoms. The predicted molar refractivity (Wildman–Crippen MR) is 223 cm³/mol. The molecule has 0 amide bonds. The van der Waals surface area contributed by atoms with E-state index in [9.17, 15) is 24.2 Å². The van der Waals surface area contributed by atoms with Crippen molar-refractivity contribution >= 4 is 19.8 Å². The molecule has 0 fully saturated rings. The van der Waals surface area contributed by atoms with Crippen LogP contribution in [-0.4, -0.2) is 65.7 Å². The number of aliphatic hydroxyl groups excluding tert-OH is 2. The van der Waals surface area contributed by atoms with Crippen LogP contribution in [0.1, 0.15) is 142 Å². The number of hydrogen-bond donors (Lipinski definition) is 3. The first-order valence-electron chi connectivity index (χ1n) is 20.5. The number of unbranched alkanes of at least 4 members (excludes halogenated alkanes) is 9. The quantitative estimate of drug-likeness (QED) is 0.0240. The molecule has 0 rings (SSSR count). The Kier molecular flexibility index (Phi) is 37.3. The number of hydrogen-bond acceptors (Lipinski definition) is 9. The Morgan fingerprint density at radius 2 is 1.02 bits per heavy atom. The summed E-state index contributed by atoms with van der Waals surface area (Å²) in [5.74, 6) is -1.02. The van der Waals surface area contributed by atoms with Crippen LogP contribution in [0.2, 0.25) is 0 Å². The number of carbonyl (C=O) groups excluding carboxylic acids is 2. The third kappa shape index (κ3) is 39.2. The average Bonchev–Trinajstić information content (AvgIpc) is 3.17. The summed E-state index contributed by atoms with van der Waals surface area (Å²) in [4.78, 5) is 34.9. The van der Waals surface area contributed by atoms with Crippen molar-refractivity contribution < 1.29 is 47.8 Å². The van der Waals surface area contributed by atoms with Crippen molar-refractivity contribution in [2.45, 2.75) is 154 Å². The SMILES string of the molecule is CC/C=C/C/C=C/C/C=C/CCCCCCCC(=O)O[C@H](COC(=O)CCC/C=C/C/C=C/C/C=C/C/C=C/CCCCC)COP(=O)(O)OC[C@@H](O)CO. The smallest absolute Gasteiger partial charge is 0.462 e. The summed E-state index contributed by atoms with van der Waals surface area (Å²) in [6.45, 7) is 2.13. The molecular formula is C44H73O10P. The highest BCUT2D eigenvalue weighted by Gasteiger charge is 2.27. The molecule has 0 aliphatic rings. The Morgan fingerprint density at radius 3 is 1.56 bits per heavy atom. The largest absolute Gasteiger partial charge is 0.472 e. The van der Waals surface area contributed by atoms with Gasteiger partial charge in [-0.15, -0.1) is 0 Å². The van der Waals surface area contributed by atoms with Gasteiger partial charge in [0.05, 0.1) is 19.8 Å². The summed E-state index contributed by atoms with van der Waals surface area (Å²) >= 11 is 0. The van der Waals surface area contributed by atoms with Gasteiger partial charge >= 0.3 is 19.8 Å². The second-order valence-electron chi connectivity index (χ2n) is 13.3. The van der Waals surface area contributed by atoms with Gasteiger partial charge in [0.25, 0.3) is 0 Å². The van der Waals surface area contributed by atoms with E-state index in [0.717, 1.165) is 77.0 Å². The van der Waals surface area contributed by atoms with Crippen molar-refractivity contribution in [2.75, 3.05) is 26.4 Å². The fraction of sp³-hybridized carbons (Fsp3) is 0.636. The molecule has 11 heteroatoms. The second-order valence-corrected chi connectivity index (χ2v) is 14.7. The maximum atomic E-state index is 12.6. The molecule has 1 unspecified atom stereocenters. The Balaban J connectivity index is 4.47. The van der Waals surface area contributed by atoms with E-state index in [1.807, 2.05) is 6.08 Å². The van der Waals surface area contributed by atoms with E-state index in [4.69, 9.17) is 19.1 Å². The Morgan fingerprint density at radius 1 is 0.564 bits per heavy atom. The Bertz CT molecular complexity index is 1190. The molecule has 0 spiro atoms. The third-order valence-electron chi connectivity index (χ3n) is 8.03. The molecule has 0 saturated carbocycles. The maximum absolute atomic E-state index is 12.6. The molecule has 0 aliphatic carbocycles. The number of rotatable bonds is 37. The summed E-state index contributed by atoms with van der Waals surface area (Å²) in [5, 5.41) is 18.3. The summed E-state index contributed by atoms with van der Waals surface area (Å²) in [6.07, 6.45) is 45.5. The van der Waals surface area contributed by atoms with Crippen LogP contribution in [-0.2, 0) is 32.7 Å². The van der Waals surface area contributed by atoms with Crippen molar-refractivity contribution in [3.05, 3.63) is 85.1 Å². The van der Waals surface area contributed by atoms with Gasteiger partial charge in [0.1, 0.15) is 12.7 Å². The lowest BCUT2D eigenvalue weighted by Gasteiger charge is -2.20. The molecule has 0 radical (unpaired) electrons. The zero-order chi connectivity index (χ0) is 40.5. The van der Waals surface area contributed by atoms with Crippen LogP contribution >= 0.6 is 7.82 Å². The first kappa shape index (κ1) is 52.2. The number of phosphoric ester groups is 1. The van der Waals surface area contributed by atoms with Gasteiger partial charge in [-0.1, -0.05) is 131 Å². The summed E-state index contributed by atoms with van der Waals surface area (Å²) < 4.78 is 32.6. The highest BCUT2D eigenvalue weighted by Crippen LogP contribution is 2.43. The molecule has 0 aromatic heterocycles. The van der Waals surface area contributed by atoms with Crippen LogP contribution in [0, 0.1) is 0 Å². The third-order valence-corrected chi connectivity index (χ3v) is 8.98. The van der Waals surface area contributed by atoms with Crippen LogP contribution < -0.4 is 0 Å². The van der Waals surface area contributed by atoms with E-state index in [0.29, 0.717) is 19.3 Å². The Labute approximate surface area is 332 Å². The molecule has 3 atom stereocenters. The fourth-order valence-electron chi connectivity index (χ4n) is 4.88. The maximum Gasteiger partial charge on any atom is 0.472 e. The standard InChI is InChI=1S/C44H73O10P/c1-3-5-7-9-11-13-15-17-19-20-22-23-25-27-29-31-33-35-43(47)51-39-42(40-53-55(49,50)52-38-41(46)37-45)54-44(48)36-34-32-30-28-26-24-21-18-16-14-12-10-8-6-4-2/h6,8,11-14,17-19,21-23,27,29,41-42,45-46H,3-5,7,9-10,15-16,20,24-26,28,30-40H2,1-2H3,(H,49,50)/b8-6+,13-11+,14-12+,19-17+,21-18+,23-22+,29-27+/t41-,42+/m0/s1. The van der Waals surface area contributed by atoms with Gasteiger partial charge in [0, 0.05) is 12.8 Å². The highest BCUT2D eigenvalue weighted by atomic mass is 31.2. The highest BCUT2D eigenvalue weighted by molar-refractivity contribution is 7.47. The van der Waals surface area contributed by atoms with E-state index in [-0.39, 0.29) is 19.4 Å². The number of esters is 2. The van der Waals surface area contributed by atoms with Crippen LogP contribution in [0.25, 0.3) is 0 Å². The number of aliphatic hydroxyl groups is 2. The fourth-order valence-corrected chi connectivity index (χ4v) is 5.67. The van der Waals surface area contributed by atoms with Crippen molar-refractivity contribution in [1.82, 2.24) is 0 Å². The lowest BCUT2D eigenvalue weighted by atomic mass is 10.1. The monoisotopic (exact) mass is 792 g/mol. The number of phosphoric acid groups is 1. The minimum Gasteiger partial charge on any atom is -0.462 e. The first-order chi connectivity index (χ1) is 26.7. The van der Waals surface area contributed by atoms with Gasteiger partial charge in [-0.25, -0.2) is 4.57 Å². The van der Waals surface area contributed by atoms with E-state index in [1.54, 1.807) is 0 Å². The van der Waals surface area contributed by atoms with Gasteiger partial charge in [0.15, 0.2) is 6.10 Å². The van der Waals surface area contributed by atoms with Crippen LogP contribution in [0.4, 0.5) is 0 Å². The normalized spacial score (nSPS) is 14.8. The lowest BCUT2D eigenvalue weighted by molar-refractivity contribution is -0.161. The molecule has 0 aromatic rings. The van der Waals surface area contributed by atoms with Crippen LogP contribution in [0.5, 0.6) is 0 Å². The minimum absolute atomic E-state index is 0.148. The van der Waals surface area contributed by atoms with Gasteiger partial charge in [-0.05, 0) is 83.5 Å². The van der Waals surface area contributed by atoms with E-state index in [2.05, 4.69) is 97.4 Å². The van der Waals surface area contributed by atoms with Crippen LogP contribution in [0.3, 0.4) is 0 Å². The summed E-state index contributed by atoms with van der Waals surface area (Å²) in [7, 11) is -4.64. The Hall–Kier alpha value is -2.85. The van der Waals surface area contributed by atoms with Crippen LogP contribution in [0.15, 0.2) is 85.1 Å². The lowest BCUT2D eigenvalue weighted by Crippen LogP contribution is -2.29. The van der Waals surface area contributed by atoms with E-state index < -0.39 is 51.8 Å². The second kappa shape index (κ2) is 39.4. The molecule has 0 heterocycles. The molecule has 314 valence electrons. The molecule has 0 aliphatic heterocycles. The topological polar surface area (TPSA) is 149 Å². The van der Waals surface area contributed by atoms with Crippen molar-refractivity contribution in [3.63, 3.8) is 0 Å². The van der Waals surface area contributed by atoms with E-state index in [1.165, 1.54) is 19.3 Å². The minimum atomic E-state index is -4.64. The molecule has 0 saturated heterocycles. The van der Waals surface area contributed by atoms with Gasteiger partial charge < -0.3 is 24.6 Å². The molecule has 3 N–H and O–H groups in total. The van der Waals surface area contributed by atoms with Crippen molar-refractivity contribution in [1.29, 1.82) is 0 Å². The molecular weight excluding hydrogens is 719 g/mol.